The minimum atomic E-state index is -0.397. The van der Waals surface area contributed by atoms with Gasteiger partial charge in [-0.05, 0) is 48.0 Å². The lowest BCUT2D eigenvalue weighted by molar-refractivity contribution is 0.339. The van der Waals surface area contributed by atoms with Crippen LogP contribution in [-0.4, -0.2) is 11.6 Å². The topological polar surface area (TPSA) is 65.9 Å². The van der Waals surface area contributed by atoms with E-state index in [1.54, 1.807) is 13.0 Å². The molecule has 0 radical (unpaired) electrons. The molecule has 0 aliphatic carbocycles. The van der Waals surface area contributed by atoms with Crippen molar-refractivity contribution in [3.05, 3.63) is 48.8 Å². The summed E-state index contributed by atoms with van der Waals surface area (Å²) in [5.41, 5.74) is 1.62. The number of hydrogen-bond donors (Lipinski definition) is 1. The first-order valence-electron chi connectivity index (χ1n) is 6.24. The maximum atomic E-state index is 12.0. The second-order valence-electron chi connectivity index (χ2n) is 4.38. The molecule has 1 aromatic heterocycles. The van der Waals surface area contributed by atoms with Crippen LogP contribution in [0.1, 0.15) is 18.2 Å². The molecule has 21 heavy (non-hydrogen) atoms. The van der Waals surface area contributed by atoms with E-state index in [1.807, 2.05) is 25.1 Å². The van der Waals surface area contributed by atoms with Gasteiger partial charge < -0.3 is 9.72 Å². The number of ether oxygens (including phenoxy) is 1. The highest BCUT2D eigenvalue weighted by Gasteiger charge is 2.17. The number of aromatic nitrogens is 1. The number of nitrogens with zero attached hydrogens (tertiary/aromatic N) is 1. The molecule has 0 aliphatic heterocycles. The van der Waals surface area contributed by atoms with Gasteiger partial charge in [-0.25, -0.2) is 0 Å². The summed E-state index contributed by atoms with van der Waals surface area (Å²) in [7, 11) is 0. The van der Waals surface area contributed by atoms with Crippen LogP contribution in [0.5, 0.6) is 5.75 Å². The van der Waals surface area contributed by atoms with E-state index in [0.29, 0.717) is 29.2 Å². The van der Waals surface area contributed by atoms with Gasteiger partial charge in [0.05, 0.1) is 11.1 Å². The minimum Gasteiger partial charge on any atom is -0.492 e. The van der Waals surface area contributed by atoms with Crippen molar-refractivity contribution in [1.29, 1.82) is 5.26 Å². The molecular weight excluding hydrogens is 400 g/mol. The van der Waals surface area contributed by atoms with Gasteiger partial charge in [0.2, 0.25) is 0 Å². The van der Waals surface area contributed by atoms with Crippen molar-refractivity contribution in [3.63, 3.8) is 0 Å². The number of rotatable bonds is 3. The van der Waals surface area contributed by atoms with E-state index < -0.39 is 5.56 Å². The van der Waals surface area contributed by atoms with Crippen molar-refractivity contribution in [2.24, 2.45) is 0 Å². The van der Waals surface area contributed by atoms with Crippen LogP contribution in [0.25, 0.3) is 11.1 Å². The zero-order chi connectivity index (χ0) is 15.6. The molecule has 0 bridgehead atoms. The Hall–Kier alpha value is -1.58. The number of hydrogen-bond acceptors (Lipinski definition) is 3. The van der Waals surface area contributed by atoms with Crippen molar-refractivity contribution >= 4 is 31.9 Å². The van der Waals surface area contributed by atoms with Gasteiger partial charge in [-0.15, -0.1) is 0 Å². The lowest BCUT2D eigenvalue weighted by Gasteiger charge is -2.14. The number of aromatic amines is 1. The first kappa shape index (κ1) is 15.8. The largest absolute Gasteiger partial charge is 0.492 e. The number of nitrogens with one attached hydrogen (secondary N) is 1. The highest BCUT2D eigenvalue weighted by molar-refractivity contribution is 9.11. The molecule has 1 aromatic carbocycles. The molecule has 1 N–H and O–H groups in total. The summed E-state index contributed by atoms with van der Waals surface area (Å²) in [6.45, 7) is 4.14. The average Bonchev–Trinajstić information content (AvgIpc) is 2.40. The lowest BCUT2D eigenvalue weighted by atomic mass is 10.00. The molecule has 2 aromatic rings. The van der Waals surface area contributed by atoms with Crippen LogP contribution >= 0.6 is 31.9 Å². The fraction of sp³-hybridized carbons (Fsp3) is 0.200. The van der Waals surface area contributed by atoms with Gasteiger partial charge in [0, 0.05) is 21.3 Å². The first-order chi connectivity index (χ1) is 9.97. The Bertz CT molecular complexity index is 791. The van der Waals surface area contributed by atoms with Crippen molar-refractivity contribution in [2.45, 2.75) is 13.8 Å². The Morgan fingerprint density at radius 2 is 2.00 bits per heavy atom. The van der Waals surface area contributed by atoms with Crippen LogP contribution in [0.2, 0.25) is 0 Å². The highest BCUT2D eigenvalue weighted by atomic mass is 79.9. The maximum Gasteiger partial charge on any atom is 0.266 e. The second-order valence-corrected chi connectivity index (χ2v) is 6.15. The van der Waals surface area contributed by atoms with E-state index >= 15 is 0 Å². The van der Waals surface area contributed by atoms with Gasteiger partial charge in [0.1, 0.15) is 17.4 Å². The monoisotopic (exact) mass is 410 g/mol. The molecule has 0 amide bonds. The lowest BCUT2D eigenvalue weighted by Crippen LogP contribution is -2.13. The Labute approximate surface area is 139 Å². The zero-order valence-corrected chi connectivity index (χ0v) is 14.6. The molecule has 1 heterocycles. The van der Waals surface area contributed by atoms with Crippen LogP contribution in [0.4, 0.5) is 0 Å². The number of H-pyrrole nitrogens is 1. The van der Waals surface area contributed by atoms with Gasteiger partial charge in [0.25, 0.3) is 5.56 Å². The maximum absolute atomic E-state index is 12.0. The number of aryl methyl sites for hydroxylation is 1. The van der Waals surface area contributed by atoms with Crippen molar-refractivity contribution in [3.8, 4) is 22.9 Å². The number of pyridine rings is 1. The van der Waals surface area contributed by atoms with E-state index in [1.165, 1.54) is 0 Å². The van der Waals surface area contributed by atoms with Gasteiger partial charge >= 0.3 is 0 Å². The highest BCUT2D eigenvalue weighted by Crippen LogP contribution is 2.40. The molecule has 0 saturated heterocycles. The second kappa shape index (κ2) is 6.46. The number of nitriles is 1. The Morgan fingerprint density at radius 1 is 1.29 bits per heavy atom. The van der Waals surface area contributed by atoms with E-state index in [2.05, 4.69) is 36.8 Å². The van der Waals surface area contributed by atoms with E-state index in [-0.39, 0.29) is 5.56 Å². The molecule has 108 valence electrons. The Kier molecular flexibility index (Phi) is 4.86. The van der Waals surface area contributed by atoms with Crippen LogP contribution in [0.15, 0.2) is 31.9 Å². The molecular formula is C15H12Br2N2O2. The molecule has 2 rings (SSSR count). The molecule has 0 saturated carbocycles. The van der Waals surface area contributed by atoms with E-state index in [0.717, 1.165) is 8.95 Å². The van der Waals surface area contributed by atoms with Gasteiger partial charge in [-0.3, -0.25) is 4.79 Å². The fourth-order valence-corrected chi connectivity index (χ4v) is 3.40. The van der Waals surface area contributed by atoms with Crippen LogP contribution in [0.3, 0.4) is 0 Å². The Balaban J connectivity index is 2.84. The number of benzene rings is 1. The van der Waals surface area contributed by atoms with E-state index in [9.17, 15) is 10.1 Å². The number of halogens is 2. The molecule has 0 spiro atoms. The van der Waals surface area contributed by atoms with Gasteiger partial charge in [-0.1, -0.05) is 15.9 Å². The van der Waals surface area contributed by atoms with Crippen molar-refractivity contribution < 1.29 is 4.74 Å². The minimum absolute atomic E-state index is 0.0755. The third-order valence-electron chi connectivity index (χ3n) is 2.87. The summed E-state index contributed by atoms with van der Waals surface area (Å²) in [4.78, 5) is 14.6. The fourth-order valence-electron chi connectivity index (χ4n) is 2.06. The predicted octanol–water partition coefficient (Wildman–Crippen LogP) is 4.15. The third-order valence-corrected chi connectivity index (χ3v) is 3.91. The molecule has 4 nitrogen and oxygen atoms in total. The summed E-state index contributed by atoms with van der Waals surface area (Å²) in [5.74, 6) is 0.613. The summed E-state index contributed by atoms with van der Waals surface area (Å²) < 4.78 is 7.26. The van der Waals surface area contributed by atoms with Gasteiger partial charge in [-0.2, -0.15) is 5.26 Å². The van der Waals surface area contributed by atoms with Crippen molar-refractivity contribution in [1.82, 2.24) is 4.98 Å². The molecule has 0 unspecified atom stereocenters. The predicted molar refractivity (Wildman–Crippen MR) is 88.5 cm³/mol. The SMILES string of the molecule is CCOc1c(Br)cc(Br)cc1-c1cc(C)[nH]c(=O)c1C#N. The first-order valence-corrected chi connectivity index (χ1v) is 7.82. The van der Waals surface area contributed by atoms with Crippen LogP contribution < -0.4 is 10.3 Å². The van der Waals surface area contributed by atoms with Crippen molar-refractivity contribution in [2.75, 3.05) is 6.61 Å². The van der Waals surface area contributed by atoms with Crippen LogP contribution in [-0.2, 0) is 0 Å². The summed E-state index contributed by atoms with van der Waals surface area (Å²) in [5, 5.41) is 9.28. The molecule has 0 aliphatic rings. The average molecular weight is 412 g/mol. The summed E-state index contributed by atoms with van der Waals surface area (Å²) in [6, 6.07) is 7.44. The third kappa shape index (κ3) is 3.20. The van der Waals surface area contributed by atoms with Gasteiger partial charge in [0.15, 0.2) is 0 Å². The summed E-state index contributed by atoms with van der Waals surface area (Å²) in [6.07, 6.45) is 0. The molecule has 0 fully saturated rings. The Morgan fingerprint density at radius 3 is 2.62 bits per heavy atom. The molecule has 0 atom stereocenters. The summed E-state index contributed by atoms with van der Waals surface area (Å²) >= 11 is 6.88. The van der Waals surface area contributed by atoms with E-state index in [4.69, 9.17) is 4.74 Å². The zero-order valence-electron chi connectivity index (χ0n) is 11.5. The smallest absolute Gasteiger partial charge is 0.266 e. The standard InChI is InChI=1S/C15H12Br2N2O2/c1-3-21-14-11(5-9(16)6-13(14)17)10-4-8(2)19-15(20)12(10)7-18/h4-6H,3H2,1-2H3,(H,19,20). The molecule has 6 heteroatoms. The normalized spacial score (nSPS) is 10.2. The quantitative estimate of drug-likeness (QED) is 0.824. The van der Waals surface area contributed by atoms with Crippen LogP contribution in [0, 0.1) is 18.3 Å².